The Hall–Kier alpha value is -2.34. The molecule has 5 nitrogen and oxygen atoms in total. The molecule has 0 radical (unpaired) electrons. The van der Waals surface area contributed by atoms with Crippen molar-refractivity contribution in [2.24, 2.45) is 0 Å². The van der Waals surface area contributed by atoms with Crippen molar-refractivity contribution in [3.8, 4) is 5.75 Å². The lowest BCUT2D eigenvalue weighted by atomic mass is 10.2. The van der Waals surface area contributed by atoms with Crippen molar-refractivity contribution in [1.29, 1.82) is 0 Å². The molecule has 1 atom stereocenters. The highest BCUT2D eigenvalue weighted by atomic mass is 79.9. The van der Waals surface area contributed by atoms with Crippen LogP contribution < -0.4 is 10.1 Å². The zero-order valence-corrected chi connectivity index (χ0v) is 15.0. The molecule has 1 N–H and O–H groups in total. The monoisotopic (exact) mass is 391 g/mol. The largest absolute Gasteiger partial charge is 0.479 e. The van der Waals surface area contributed by atoms with E-state index in [4.69, 9.17) is 9.47 Å². The Balaban J connectivity index is 1.80. The predicted octanol–water partition coefficient (Wildman–Crippen LogP) is 3.71. The van der Waals surface area contributed by atoms with Gasteiger partial charge < -0.3 is 14.8 Å². The van der Waals surface area contributed by atoms with E-state index >= 15 is 0 Å². The van der Waals surface area contributed by atoms with Crippen molar-refractivity contribution in [2.75, 3.05) is 11.9 Å². The van der Waals surface area contributed by atoms with E-state index in [-0.39, 0.29) is 6.61 Å². The average molecular weight is 392 g/mol. The summed E-state index contributed by atoms with van der Waals surface area (Å²) in [5.41, 5.74) is 1.71. The number of carbonyl (C=O) groups excluding carboxylic acids is 2. The van der Waals surface area contributed by atoms with Gasteiger partial charge in [-0.25, -0.2) is 4.79 Å². The minimum atomic E-state index is -0.802. The van der Waals surface area contributed by atoms with E-state index in [0.717, 1.165) is 10.0 Å². The fourth-order valence-electron chi connectivity index (χ4n) is 1.87. The summed E-state index contributed by atoms with van der Waals surface area (Å²) in [6.07, 6.45) is -0.802. The van der Waals surface area contributed by atoms with Crippen molar-refractivity contribution < 1.29 is 19.1 Å². The molecule has 2 aromatic carbocycles. The first-order chi connectivity index (χ1) is 11.5. The summed E-state index contributed by atoms with van der Waals surface area (Å²) in [7, 11) is 0. The van der Waals surface area contributed by atoms with Crippen LogP contribution in [0, 0.1) is 6.92 Å². The van der Waals surface area contributed by atoms with Gasteiger partial charge in [-0.2, -0.15) is 0 Å². The standard InChI is InChI=1S/C18H18BrNO4/c1-12-7-9-14(10-8-12)24-13(2)18(22)23-11-17(21)20-16-6-4-3-5-15(16)19/h3-10,13H,11H2,1-2H3,(H,20,21). The highest BCUT2D eigenvalue weighted by molar-refractivity contribution is 9.10. The fourth-order valence-corrected chi connectivity index (χ4v) is 2.26. The third kappa shape index (κ3) is 5.38. The third-order valence-electron chi connectivity index (χ3n) is 3.16. The molecule has 0 aromatic heterocycles. The van der Waals surface area contributed by atoms with Crippen LogP contribution in [0.15, 0.2) is 53.0 Å². The van der Waals surface area contributed by atoms with Crippen LogP contribution in [-0.2, 0) is 14.3 Å². The Morgan fingerprint density at radius 1 is 1.12 bits per heavy atom. The molecule has 0 aliphatic rings. The summed E-state index contributed by atoms with van der Waals surface area (Å²) in [6, 6.07) is 14.5. The second kappa shape index (κ2) is 8.49. The predicted molar refractivity (Wildman–Crippen MR) is 95.0 cm³/mol. The Bertz CT molecular complexity index is 715. The molecule has 24 heavy (non-hydrogen) atoms. The maximum absolute atomic E-state index is 11.9. The number of para-hydroxylation sites is 1. The number of rotatable bonds is 6. The Morgan fingerprint density at radius 3 is 2.46 bits per heavy atom. The first kappa shape index (κ1) is 18.0. The van der Waals surface area contributed by atoms with Crippen molar-refractivity contribution >= 4 is 33.5 Å². The number of hydrogen-bond acceptors (Lipinski definition) is 4. The summed E-state index contributed by atoms with van der Waals surface area (Å²) in [5, 5.41) is 2.66. The molecular formula is C18H18BrNO4. The van der Waals surface area contributed by atoms with Gasteiger partial charge in [0.1, 0.15) is 5.75 Å². The number of esters is 1. The number of nitrogens with one attached hydrogen (secondary N) is 1. The van der Waals surface area contributed by atoms with Gasteiger partial charge in [0.05, 0.1) is 5.69 Å². The molecular weight excluding hydrogens is 374 g/mol. The summed E-state index contributed by atoms with van der Waals surface area (Å²) in [6.45, 7) is 3.17. The Kier molecular flexibility index (Phi) is 6.37. The van der Waals surface area contributed by atoms with Crippen LogP contribution >= 0.6 is 15.9 Å². The number of carbonyl (C=O) groups is 2. The summed E-state index contributed by atoms with van der Waals surface area (Å²) < 4.78 is 11.2. The normalized spacial score (nSPS) is 11.5. The van der Waals surface area contributed by atoms with Gasteiger partial charge >= 0.3 is 5.97 Å². The van der Waals surface area contributed by atoms with Crippen LogP contribution in [0.2, 0.25) is 0 Å². The maximum Gasteiger partial charge on any atom is 0.347 e. The minimum absolute atomic E-state index is 0.373. The van der Waals surface area contributed by atoms with E-state index in [1.807, 2.05) is 25.1 Å². The zero-order valence-electron chi connectivity index (χ0n) is 13.4. The third-order valence-corrected chi connectivity index (χ3v) is 3.85. The van der Waals surface area contributed by atoms with Crippen molar-refractivity contribution in [1.82, 2.24) is 0 Å². The molecule has 0 saturated heterocycles. The van der Waals surface area contributed by atoms with E-state index < -0.39 is 18.0 Å². The van der Waals surface area contributed by atoms with Crippen LogP contribution in [0.1, 0.15) is 12.5 Å². The van der Waals surface area contributed by atoms with Crippen molar-refractivity contribution in [3.63, 3.8) is 0 Å². The highest BCUT2D eigenvalue weighted by Crippen LogP contribution is 2.21. The molecule has 6 heteroatoms. The van der Waals surface area contributed by atoms with Gasteiger partial charge in [-0.15, -0.1) is 0 Å². The smallest absolute Gasteiger partial charge is 0.347 e. The molecule has 0 heterocycles. The molecule has 2 rings (SSSR count). The Morgan fingerprint density at radius 2 is 1.79 bits per heavy atom. The molecule has 0 fully saturated rings. The minimum Gasteiger partial charge on any atom is -0.479 e. The van der Waals surface area contributed by atoms with E-state index in [9.17, 15) is 9.59 Å². The number of halogens is 1. The van der Waals surface area contributed by atoms with Gasteiger partial charge in [0.2, 0.25) is 0 Å². The van der Waals surface area contributed by atoms with Gasteiger partial charge in [0.25, 0.3) is 5.91 Å². The second-order valence-electron chi connectivity index (χ2n) is 5.21. The average Bonchev–Trinajstić information content (AvgIpc) is 2.57. The fraction of sp³-hybridized carbons (Fsp3) is 0.222. The topological polar surface area (TPSA) is 64.6 Å². The van der Waals surface area contributed by atoms with E-state index in [0.29, 0.717) is 11.4 Å². The maximum atomic E-state index is 11.9. The number of ether oxygens (including phenoxy) is 2. The second-order valence-corrected chi connectivity index (χ2v) is 6.06. The summed E-state index contributed by atoms with van der Waals surface area (Å²) in [4.78, 5) is 23.7. The highest BCUT2D eigenvalue weighted by Gasteiger charge is 2.18. The van der Waals surface area contributed by atoms with Gasteiger partial charge in [-0.05, 0) is 54.0 Å². The molecule has 0 spiro atoms. The van der Waals surface area contributed by atoms with Crippen molar-refractivity contribution in [3.05, 3.63) is 58.6 Å². The summed E-state index contributed by atoms with van der Waals surface area (Å²) >= 11 is 3.33. The lowest BCUT2D eigenvalue weighted by Gasteiger charge is -2.14. The van der Waals surface area contributed by atoms with Crippen LogP contribution in [-0.4, -0.2) is 24.6 Å². The first-order valence-corrected chi connectivity index (χ1v) is 8.19. The van der Waals surface area contributed by atoms with Crippen molar-refractivity contribution in [2.45, 2.75) is 20.0 Å². The molecule has 1 unspecified atom stereocenters. The number of aryl methyl sites for hydroxylation is 1. The number of anilines is 1. The Labute approximate surface area is 149 Å². The molecule has 126 valence electrons. The molecule has 2 aromatic rings. The van der Waals surface area contributed by atoms with E-state index in [2.05, 4.69) is 21.2 Å². The van der Waals surface area contributed by atoms with Gasteiger partial charge in [0.15, 0.2) is 12.7 Å². The van der Waals surface area contributed by atoms with Gasteiger partial charge in [0, 0.05) is 4.47 Å². The quantitative estimate of drug-likeness (QED) is 0.762. The van der Waals surface area contributed by atoms with E-state index in [1.165, 1.54) is 0 Å². The molecule has 1 amide bonds. The first-order valence-electron chi connectivity index (χ1n) is 7.40. The molecule has 0 aliphatic heterocycles. The van der Waals surface area contributed by atoms with E-state index in [1.54, 1.807) is 37.3 Å². The molecule has 0 aliphatic carbocycles. The lowest BCUT2D eigenvalue weighted by molar-refractivity contribution is -0.153. The summed E-state index contributed by atoms with van der Waals surface area (Å²) in [5.74, 6) is -0.446. The number of hydrogen-bond donors (Lipinski definition) is 1. The number of amides is 1. The number of benzene rings is 2. The zero-order chi connectivity index (χ0) is 17.5. The van der Waals surface area contributed by atoms with Crippen LogP contribution in [0.5, 0.6) is 5.75 Å². The lowest BCUT2D eigenvalue weighted by Crippen LogP contribution is -2.29. The van der Waals surface area contributed by atoms with Gasteiger partial charge in [-0.3, -0.25) is 4.79 Å². The SMILES string of the molecule is Cc1ccc(OC(C)C(=O)OCC(=O)Nc2ccccc2Br)cc1. The van der Waals surface area contributed by atoms with Crippen LogP contribution in [0.4, 0.5) is 5.69 Å². The molecule has 0 bridgehead atoms. The molecule has 0 saturated carbocycles. The van der Waals surface area contributed by atoms with Crippen LogP contribution in [0.25, 0.3) is 0 Å². The van der Waals surface area contributed by atoms with Crippen LogP contribution in [0.3, 0.4) is 0 Å². The van der Waals surface area contributed by atoms with Gasteiger partial charge in [-0.1, -0.05) is 29.8 Å².